The number of anilines is 1. The molecule has 0 bridgehead atoms. The molecule has 0 atom stereocenters. The van der Waals surface area contributed by atoms with Crippen molar-refractivity contribution in [3.8, 4) is 0 Å². The van der Waals surface area contributed by atoms with E-state index in [1.54, 1.807) is 6.07 Å². The van der Waals surface area contributed by atoms with Crippen molar-refractivity contribution in [2.45, 2.75) is 4.90 Å². The topological polar surface area (TPSA) is 46.2 Å². The van der Waals surface area contributed by atoms with E-state index in [0.717, 1.165) is 0 Å². The molecule has 0 aliphatic carbocycles. The fourth-order valence-corrected chi connectivity index (χ4v) is 3.11. The third-order valence-electron chi connectivity index (χ3n) is 2.34. The summed E-state index contributed by atoms with van der Waals surface area (Å²) in [6, 6.07) is 6.49. The second-order valence-corrected chi connectivity index (χ2v) is 6.41. The maximum absolute atomic E-state index is 13.4. The highest BCUT2D eigenvalue weighted by Gasteiger charge is 2.19. The van der Waals surface area contributed by atoms with E-state index in [-0.39, 0.29) is 4.90 Å². The van der Waals surface area contributed by atoms with Gasteiger partial charge in [0, 0.05) is 16.6 Å². The standard InChI is InChI=1S/C12H7BrF3NO2S/c13-7-2-1-3-9(4-7)20(18,19)17-11-6-8(14)5-10(15)12(11)16/h1-6,17H. The van der Waals surface area contributed by atoms with Crippen LogP contribution in [0.15, 0.2) is 45.8 Å². The molecule has 0 spiro atoms. The highest BCUT2D eigenvalue weighted by molar-refractivity contribution is 9.10. The van der Waals surface area contributed by atoms with Gasteiger partial charge in [-0.15, -0.1) is 0 Å². The Morgan fingerprint density at radius 1 is 1.05 bits per heavy atom. The largest absolute Gasteiger partial charge is 0.276 e. The quantitative estimate of drug-likeness (QED) is 0.843. The molecule has 2 aromatic rings. The zero-order valence-electron chi connectivity index (χ0n) is 9.70. The van der Waals surface area contributed by atoms with Gasteiger partial charge >= 0.3 is 0 Å². The molecule has 0 aliphatic heterocycles. The van der Waals surface area contributed by atoms with Crippen molar-refractivity contribution in [2.24, 2.45) is 0 Å². The molecular formula is C12H7BrF3NO2S. The van der Waals surface area contributed by atoms with Crippen molar-refractivity contribution in [1.29, 1.82) is 0 Å². The highest BCUT2D eigenvalue weighted by Crippen LogP contribution is 2.23. The van der Waals surface area contributed by atoms with Crippen LogP contribution in [0.5, 0.6) is 0 Å². The normalized spacial score (nSPS) is 11.4. The predicted octanol–water partition coefficient (Wildman–Crippen LogP) is 3.67. The Labute approximate surface area is 121 Å². The minimum absolute atomic E-state index is 0.170. The summed E-state index contributed by atoms with van der Waals surface area (Å²) < 4.78 is 65.7. The lowest BCUT2D eigenvalue weighted by atomic mass is 10.3. The van der Waals surface area contributed by atoms with Crippen molar-refractivity contribution in [1.82, 2.24) is 0 Å². The molecule has 0 saturated carbocycles. The zero-order valence-corrected chi connectivity index (χ0v) is 12.1. The molecule has 0 amide bonds. The van der Waals surface area contributed by atoms with Gasteiger partial charge in [0.25, 0.3) is 10.0 Å². The first-order chi connectivity index (χ1) is 9.29. The van der Waals surface area contributed by atoms with E-state index < -0.39 is 33.2 Å². The Balaban J connectivity index is 2.44. The monoisotopic (exact) mass is 365 g/mol. The summed E-state index contributed by atoms with van der Waals surface area (Å²) in [6.45, 7) is 0. The van der Waals surface area contributed by atoms with Gasteiger partial charge in [0.2, 0.25) is 0 Å². The van der Waals surface area contributed by atoms with Gasteiger partial charge in [-0.25, -0.2) is 21.6 Å². The smallest absolute Gasteiger partial charge is 0.262 e. The molecule has 0 radical (unpaired) electrons. The van der Waals surface area contributed by atoms with E-state index in [1.807, 2.05) is 4.72 Å². The highest BCUT2D eigenvalue weighted by atomic mass is 79.9. The Morgan fingerprint density at radius 2 is 1.75 bits per heavy atom. The lowest BCUT2D eigenvalue weighted by Gasteiger charge is -2.09. The Morgan fingerprint density at radius 3 is 2.40 bits per heavy atom. The van der Waals surface area contributed by atoms with Gasteiger partial charge in [-0.2, -0.15) is 0 Å². The average Bonchev–Trinajstić information content (AvgIpc) is 2.35. The second kappa shape index (κ2) is 5.45. The zero-order chi connectivity index (χ0) is 14.9. The summed E-state index contributed by atoms with van der Waals surface area (Å²) in [5, 5.41) is 0. The van der Waals surface area contributed by atoms with Crippen LogP contribution in [0.4, 0.5) is 18.9 Å². The van der Waals surface area contributed by atoms with Gasteiger partial charge in [0.15, 0.2) is 11.6 Å². The number of benzene rings is 2. The second-order valence-electron chi connectivity index (χ2n) is 3.81. The van der Waals surface area contributed by atoms with Gasteiger partial charge in [-0.3, -0.25) is 4.72 Å². The van der Waals surface area contributed by atoms with Gasteiger partial charge in [-0.1, -0.05) is 22.0 Å². The molecule has 106 valence electrons. The van der Waals surface area contributed by atoms with Gasteiger partial charge < -0.3 is 0 Å². The van der Waals surface area contributed by atoms with Gasteiger partial charge in [0.05, 0.1) is 10.6 Å². The Kier molecular flexibility index (Phi) is 4.05. The third-order valence-corrected chi connectivity index (χ3v) is 4.20. The Bertz CT molecular complexity index is 765. The minimum atomic E-state index is -4.15. The van der Waals surface area contributed by atoms with Crippen molar-refractivity contribution >= 4 is 31.6 Å². The summed E-state index contributed by atoms with van der Waals surface area (Å²) in [4.78, 5) is -0.170. The molecule has 0 aromatic heterocycles. The summed E-state index contributed by atoms with van der Waals surface area (Å²) in [5.74, 6) is -4.03. The van der Waals surface area contributed by atoms with Crippen molar-refractivity contribution in [3.63, 3.8) is 0 Å². The lowest BCUT2D eigenvalue weighted by molar-refractivity contribution is 0.498. The van der Waals surface area contributed by atoms with Crippen LogP contribution in [-0.2, 0) is 10.0 Å². The fourth-order valence-electron chi connectivity index (χ4n) is 1.47. The first-order valence-corrected chi connectivity index (χ1v) is 7.50. The first kappa shape index (κ1) is 14.9. The van der Waals surface area contributed by atoms with Crippen molar-refractivity contribution < 1.29 is 21.6 Å². The van der Waals surface area contributed by atoms with Crippen LogP contribution < -0.4 is 4.72 Å². The molecule has 0 unspecified atom stereocenters. The lowest BCUT2D eigenvalue weighted by Crippen LogP contribution is -2.14. The molecule has 3 nitrogen and oxygen atoms in total. The SMILES string of the molecule is O=S(=O)(Nc1cc(F)cc(F)c1F)c1cccc(Br)c1. The molecule has 2 rings (SSSR count). The van der Waals surface area contributed by atoms with Crippen LogP contribution >= 0.6 is 15.9 Å². The van der Waals surface area contributed by atoms with Gasteiger partial charge in [0.1, 0.15) is 5.82 Å². The molecule has 0 saturated heterocycles. The average molecular weight is 366 g/mol. The van der Waals surface area contributed by atoms with E-state index in [9.17, 15) is 21.6 Å². The van der Waals surface area contributed by atoms with Crippen molar-refractivity contribution in [2.75, 3.05) is 4.72 Å². The number of rotatable bonds is 3. The van der Waals surface area contributed by atoms with Crippen LogP contribution in [0, 0.1) is 17.5 Å². The van der Waals surface area contributed by atoms with E-state index in [0.29, 0.717) is 16.6 Å². The van der Waals surface area contributed by atoms with Crippen LogP contribution in [0.2, 0.25) is 0 Å². The first-order valence-electron chi connectivity index (χ1n) is 5.22. The fraction of sp³-hybridized carbons (Fsp3) is 0. The van der Waals surface area contributed by atoms with Gasteiger partial charge in [-0.05, 0) is 18.2 Å². The van der Waals surface area contributed by atoms with E-state index in [4.69, 9.17) is 0 Å². The molecule has 8 heteroatoms. The number of sulfonamides is 1. The van der Waals surface area contributed by atoms with E-state index >= 15 is 0 Å². The summed E-state index contributed by atoms with van der Waals surface area (Å²) in [7, 11) is -4.15. The maximum atomic E-state index is 13.4. The summed E-state index contributed by atoms with van der Waals surface area (Å²) in [5.41, 5.74) is -0.789. The Hall–Kier alpha value is -1.54. The predicted molar refractivity (Wildman–Crippen MR) is 71.3 cm³/mol. The van der Waals surface area contributed by atoms with Crippen LogP contribution in [0.25, 0.3) is 0 Å². The molecule has 0 aliphatic rings. The maximum Gasteiger partial charge on any atom is 0.262 e. The molecule has 20 heavy (non-hydrogen) atoms. The molecular weight excluding hydrogens is 359 g/mol. The molecule has 1 N–H and O–H groups in total. The van der Waals surface area contributed by atoms with Crippen LogP contribution in [0.1, 0.15) is 0 Å². The van der Waals surface area contributed by atoms with Crippen LogP contribution in [-0.4, -0.2) is 8.42 Å². The third kappa shape index (κ3) is 3.13. The summed E-state index contributed by atoms with van der Waals surface area (Å²) in [6.07, 6.45) is 0. The van der Waals surface area contributed by atoms with E-state index in [1.165, 1.54) is 18.2 Å². The molecule has 0 heterocycles. The number of hydrogen-bond donors (Lipinski definition) is 1. The number of hydrogen-bond acceptors (Lipinski definition) is 2. The number of halogens is 4. The van der Waals surface area contributed by atoms with Crippen molar-refractivity contribution in [3.05, 3.63) is 58.3 Å². The van der Waals surface area contributed by atoms with Crippen LogP contribution in [0.3, 0.4) is 0 Å². The summed E-state index contributed by atoms with van der Waals surface area (Å²) >= 11 is 3.09. The minimum Gasteiger partial charge on any atom is -0.276 e. The van der Waals surface area contributed by atoms with E-state index in [2.05, 4.69) is 15.9 Å². The number of nitrogens with one attached hydrogen (secondary N) is 1. The molecule has 0 fully saturated rings. The molecule has 2 aromatic carbocycles.